The van der Waals surface area contributed by atoms with Crippen LogP contribution in [0.5, 0.6) is 0 Å². The van der Waals surface area contributed by atoms with Crippen LogP contribution in [0.1, 0.15) is 49.3 Å². The number of anilines is 1. The number of carbonyl (C=O) groups is 1. The smallest absolute Gasteiger partial charge is 0.248 e. The molecule has 8 heteroatoms. The van der Waals surface area contributed by atoms with Gasteiger partial charge in [-0.1, -0.05) is 122 Å². The normalized spacial score (nSPS) is 12.1. The van der Waals surface area contributed by atoms with Crippen molar-refractivity contribution in [3.05, 3.63) is 130 Å². The van der Waals surface area contributed by atoms with Crippen molar-refractivity contribution in [2.45, 2.75) is 39.5 Å². The molecule has 0 atom stereocenters. The zero-order valence-electron chi connectivity index (χ0n) is 24.4. The van der Waals surface area contributed by atoms with E-state index in [-0.39, 0.29) is 12.5 Å². The number of nitrogens with zero attached hydrogens (tertiary/aromatic N) is 2. The fourth-order valence-corrected chi connectivity index (χ4v) is 5.01. The molecule has 5 nitrogen and oxygen atoms in total. The van der Waals surface area contributed by atoms with E-state index in [0.29, 0.717) is 11.5 Å². The molecular formula is C35H36Cl2N4OS. The number of rotatable bonds is 13. The molecule has 0 unspecified atom stereocenters. The number of unbranched alkanes of at least 4 members (excludes halogenated alkanes) is 1. The molecule has 0 spiro atoms. The molecule has 1 aromatic heterocycles. The number of halogens is 2. The van der Waals surface area contributed by atoms with E-state index in [0.717, 1.165) is 40.5 Å². The molecule has 0 saturated heterocycles. The molecule has 4 rings (SSSR count). The van der Waals surface area contributed by atoms with E-state index in [1.54, 1.807) is 6.08 Å². The number of nitrogens with one attached hydrogen (secondary N) is 2. The minimum atomic E-state index is -0.224. The fourth-order valence-electron chi connectivity index (χ4n) is 4.70. The number of hydrogen-bond acceptors (Lipinski definition) is 4. The molecule has 1 heterocycles. The highest BCUT2D eigenvalue weighted by molar-refractivity contribution is 7.78. The molecule has 0 radical (unpaired) electrons. The largest absolute Gasteiger partial charge is 0.376 e. The zero-order chi connectivity index (χ0) is 30.6. The molecule has 0 aliphatic carbocycles. The van der Waals surface area contributed by atoms with Crippen LogP contribution in [-0.2, 0) is 17.6 Å². The standard InChI is InChI=1S/C35H36Cl2N4OS/c1-3-5-8-25-12-16-27(17-13-25)28-18-14-26(15-19-28)21-34-39-33(31(11-7-20-36)32(37)4-2)24-41(34)30-10-6-9-29(22-30)38-23-35(42)40-43/h4,6-7,9-20,22,24,38,43H,3,5,8,21,23H2,1-2H3,(H,40,42)/b20-7+,31-11+,32-4+. The Kier molecular flexibility index (Phi) is 12.2. The van der Waals surface area contributed by atoms with Crippen LogP contribution in [0.2, 0.25) is 0 Å². The Morgan fingerprint density at radius 2 is 1.72 bits per heavy atom. The maximum atomic E-state index is 11.7. The van der Waals surface area contributed by atoms with Gasteiger partial charge in [-0.2, -0.15) is 0 Å². The van der Waals surface area contributed by atoms with Crippen LogP contribution in [0.15, 0.2) is 108 Å². The number of hydrogen-bond donors (Lipinski definition) is 3. The SMILES string of the molecule is C\C=C(Cl)/C(=C\C=C\Cl)c1cn(-c2cccc(NCC(=O)NS)c2)c(Cc2ccc(-c3ccc(CCCC)cc3)cc2)n1. The van der Waals surface area contributed by atoms with Crippen molar-refractivity contribution in [2.24, 2.45) is 0 Å². The van der Waals surface area contributed by atoms with Gasteiger partial charge in [0.25, 0.3) is 0 Å². The molecule has 3 aromatic carbocycles. The Bertz CT molecular complexity index is 1610. The lowest BCUT2D eigenvalue weighted by molar-refractivity contribution is -0.117. The van der Waals surface area contributed by atoms with Gasteiger partial charge in [0.05, 0.1) is 12.2 Å². The second kappa shape index (κ2) is 16.2. The number of amides is 1. The predicted molar refractivity (Wildman–Crippen MR) is 185 cm³/mol. The van der Waals surface area contributed by atoms with E-state index < -0.39 is 0 Å². The first kappa shape index (κ1) is 32.2. The summed E-state index contributed by atoms with van der Waals surface area (Å²) < 4.78 is 4.39. The number of carbonyl (C=O) groups excluding carboxylic acids is 1. The minimum Gasteiger partial charge on any atom is -0.376 e. The van der Waals surface area contributed by atoms with Crippen molar-refractivity contribution in [3.63, 3.8) is 0 Å². The van der Waals surface area contributed by atoms with E-state index in [4.69, 9.17) is 28.2 Å². The van der Waals surface area contributed by atoms with Gasteiger partial charge in [0.15, 0.2) is 0 Å². The van der Waals surface area contributed by atoms with Crippen LogP contribution in [0.3, 0.4) is 0 Å². The maximum Gasteiger partial charge on any atom is 0.248 e. The van der Waals surface area contributed by atoms with Gasteiger partial charge in [0.1, 0.15) is 5.82 Å². The second-order valence-electron chi connectivity index (χ2n) is 10.1. The Labute approximate surface area is 269 Å². The van der Waals surface area contributed by atoms with Crippen LogP contribution in [0, 0.1) is 0 Å². The number of imidazole rings is 1. The highest BCUT2D eigenvalue weighted by Crippen LogP contribution is 2.29. The van der Waals surface area contributed by atoms with Crippen molar-refractivity contribution in [1.29, 1.82) is 0 Å². The number of aromatic nitrogens is 2. The minimum absolute atomic E-state index is 0.108. The Hall–Kier alpha value is -3.71. The summed E-state index contributed by atoms with van der Waals surface area (Å²) in [6.07, 6.45) is 11.5. The third-order valence-corrected chi connectivity index (χ3v) is 7.84. The Morgan fingerprint density at radius 1 is 1.02 bits per heavy atom. The number of thiol groups is 1. The van der Waals surface area contributed by atoms with Crippen LogP contribution >= 0.6 is 36.0 Å². The van der Waals surface area contributed by atoms with Crippen LogP contribution in [0.4, 0.5) is 5.69 Å². The molecule has 2 N–H and O–H groups in total. The van der Waals surface area contributed by atoms with Crippen molar-refractivity contribution in [3.8, 4) is 16.8 Å². The van der Waals surface area contributed by atoms with Crippen molar-refractivity contribution in [2.75, 3.05) is 11.9 Å². The van der Waals surface area contributed by atoms with E-state index in [1.165, 1.54) is 35.1 Å². The van der Waals surface area contributed by atoms with Gasteiger partial charge in [-0.05, 0) is 60.2 Å². The lowest BCUT2D eigenvalue weighted by Gasteiger charge is -2.11. The molecule has 1 amide bonds. The Morgan fingerprint density at radius 3 is 2.35 bits per heavy atom. The predicted octanol–water partition coefficient (Wildman–Crippen LogP) is 9.12. The molecule has 222 valence electrons. The molecule has 4 aromatic rings. The quantitative estimate of drug-likeness (QED) is 0.102. The van der Waals surface area contributed by atoms with Gasteiger partial charge < -0.3 is 14.6 Å². The lowest BCUT2D eigenvalue weighted by atomic mass is 10.00. The van der Waals surface area contributed by atoms with E-state index in [9.17, 15) is 4.79 Å². The van der Waals surface area contributed by atoms with Gasteiger partial charge in [-0.3, -0.25) is 4.79 Å². The molecule has 0 fully saturated rings. The highest BCUT2D eigenvalue weighted by atomic mass is 35.5. The average Bonchev–Trinajstić information content (AvgIpc) is 3.46. The highest BCUT2D eigenvalue weighted by Gasteiger charge is 2.16. The molecular weight excluding hydrogens is 595 g/mol. The lowest BCUT2D eigenvalue weighted by Crippen LogP contribution is -2.22. The summed E-state index contributed by atoms with van der Waals surface area (Å²) in [5.74, 6) is 0.618. The first-order valence-corrected chi connectivity index (χ1v) is 15.5. The first-order chi connectivity index (χ1) is 20.9. The van der Waals surface area contributed by atoms with Gasteiger partial charge in [-0.25, -0.2) is 4.98 Å². The summed E-state index contributed by atoms with van der Waals surface area (Å²) in [5, 5.41) is 3.71. The first-order valence-electron chi connectivity index (χ1n) is 14.3. The Balaban J connectivity index is 1.67. The van der Waals surface area contributed by atoms with Crippen LogP contribution in [0.25, 0.3) is 22.4 Å². The van der Waals surface area contributed by atoms with Gasteiger partial charge in [0, 0.05) is 40.1 Å². The van der Waals surface area contributed by atoms with Crippen molar-refractivity contribution in [1.82, 2.24) is 14.3 Å². The number of allylic oxidation sites excluding steroid dienone is 5. The average molecular weight is 632 g/mol. The zero-order valence-corrected chi connectivity index (χ0v) is 26.8. The summed E-state index contributed by atoms with van der Waals surface area (Å²) in [6, 6.07) is 25.3. The molecule has 0 bridgehead atoms. The second-order valence-corrected chi connectivity index (χ2v) is 10.9. The van der Waals surface area contributed by atoms with Gasteiger partial charge in [0.2, 0.25) is 5.91 Å². The van der Waals surface area contributed by atoms with Crippen LogP contribution in [-0.4, -0.2) is 22.0 Å². The van der Waals surface area contributed by atoms with Crippen molar-refractivity contribution >= 4 is 53.2 Å². The topological polar surface area (TPSA) is 59.0 Å². The van der Waals surface area contributed by atoms with Gasteiger partial charge in [-0.15, -0.1) is 0 Å². The summed E-state index contributed by atoms with van der Waals surface area (Å²) in [4.78, 5) is 16.8. The van der Waals surface area contributed by atoms with Crippen LogP contribution < -0.4 is 10.0 Å². The van der Waals surface area contributed by atoms with Crippen molar-refractivity contribution < 1.29 is 4.79 Å². The van der Waals surface area contributed by atoms with E-state index >= 15 is 0 Å². The summed E-state index contributed by atoms with van der Waals surface area (Å²) in [7, 11) is 0. The third-order valence-electron chi connectivity index (χ3n) is 7.03. The summed E-state index contributed by atoms with van der Waals surface area (Å²) >= 11 is 16.3. The molecule has 43 heavy (non-hydrogen) atoms. The number of benzene rings is 3. The third kappa shape index (κ3) is 8.90. The molecule has 0 aliphatic heterocycles. The van der Waals surface area contributed by atoms with Gasteiger partial charge >= 0.3 is 0 Å². The fraction of sp³-hybridized carbons (Fsp3) is 0.200. The summed E-state index contributed by atoms with van der Waals surface area (Å²) in [5.41, 5.74) is 9.51. The monoisotopic (exact) mass is 630 g/mol. The summed E-state index contributed by atoms with van der Waals surface area (Å²) in [6.45, 7) is 4.21. The molecule has 0 saturated carbocycles. The molecule has 0 aliphatic rings. The van der Waals surface area contributed by atoms with E-state index in [2.05, 4.69) is 82.9 Å². The van der Waals surface area contributed by atoms with E-state index in [1.807, 2.05) is 49.5 Å². The maximum absolute atomic E-state index is 11.7. The number of aryl methyl sites for hydroxylation is 1.